The lowest BCUT2D eigenvalue weighted by molar-refractivity contribution is 0.254. The van der Waals surface area contributed by atoms with Gasteiger partial charge in [0.2, 0.25) is 0 Å². The average molecular weight is 306 g/mol. The van der Waals surface area contributed by atoms with Gasteiger partial charge in [-0.3, -0.25) is 4.98 Å². The van der Waals surface area contributed by atoms with Crippen LogP contribution in [0.4, 0.5) is 0 Å². The van der Waals surface area contributed by atoms with Crippen LogP contribution in [-0.2, 0) is 6.42 Å². The molecule has 1 aromatic heterocycles. The predicted molar refractivity (Wildman–Crippen MR) is 89.1 cm³/mol. The van der Waals surface area contributed by atoms with E-state index >= 15 is 0 Å². The van der Waals surface area contributed by atoms with E-state index in [1.807, 2.05) is 44.2 Å². The van der Waals surface area contributed by atoms with E-state index in [2.05, 4.69) is 11.1 Å². The van der Waals surface area contributed by atoms with Gasteiger partial charge in [-0.1, -0.05) is 6.07 Å². The van der Waals surface area contributed by atoms with Crippen LogP contribution in [0.1, 0.15) is 30.7 Å². The molecule has 0 fully saturated rings. The normalized spacial score (nSPS) is 16.4. The molecule has 0 radical (unpaired) electrons. The lowest BCUT2D eigenvalue weighted by Gasteiger charge is -2.10. The van der Waals surface area contributed by atoms with E-state index in [0.29, 0.717) is 17.9 Å². The van der Waals surface area contributed by atoms with Gasteiger partial charge in [0.1, 0.15) is 23.7 Å². The molecule has 1 aliphatic heterocycles. The number of ether oxygens (including phenoxy) is 2. The highest BCUT2D eigenvalue weighted by atomic mass is 16.5. The first kappa shape index (κ1) is 15.1. The fraction of sp³-hybridized carbons (Fsp3) is 0.263. The first-order valence-corrected chi connectivity index (χ1v) is 7.71. The standard InChI is InChI=1S/C19H18N2O2/c1-3-22-18-10-14-8-13(2)23-19(14)11-15(18)9-16(12-20)17-6-4-5-7-21-17/h4-7,9-11,13H,3,8H2,1-2H3/b16-9-. The van der Waals surface area contributed by atoms with E-state index in [4.69, 9.17) is 9.47 Å². The third kappa shape index (κ3) is 3.19. The average Bonchev–Trinajstić information content (AvgIpc) is 2.92. The summed E-state index contributed by atoms with van der Waals surface area (Å²) in [4.78, 5) is 4.24. The van der Waals surface area contributed by atoms with Gasteiger partial charge in [0.05, 0.1) is 17.9 Å². The molecule has 4 heteroatoms. The largest absolute Gasteiger partial charge is 0.493 e. The van der Waals surface area contributed by atoms with Gasteiger partial charge in [0.25, 0.3) is 0 Å². The highest BCUT2D eigenvalue weighted by Gasteiger charge is 2.21. The zero-order valence-electron chi connectivity index (χ0n) is 13.2. The Hall–Kier alpha value is -2.80. The number of aromatic nitrogens is 1. The summed E-state index contributed by atoms with van der Waals surface area (Å²) in [5.41, 5.74) is 3.13. The molecular weight excluding hydrogens is 288 g/mol. The number of rotatable bonds is 4. The predicted octanol–water partition coefficient (Wildman–Crippen LogP) is 3.87. The van der Waals surface area contributed by atoms with Crippen molar-refractivity contribution in [2.45, 2.75) is 26.4 Å². The van der Waals surface area contributed by atoms with Crippen molar-refractivity contribution in [2.24, 2.45) is 0 Å². The first-order valence-electron chi connectivity index (χ1n) is 7.71. The van der Waals surface area contributed by atoms with Gasteiger partial charge >= 0.3 is 0 Å². The SMILES string of the molecule is CCOc1cc2c(cc1/C=C(/C#N)c1ccccn1)OC(C)C2. The molecule has 0 saturated carbocycles. The van der Waals surface area contributed by atoms with Gasteiger partial charge in [0, 0.05) is 23.7 Å². The Morgan fingerprint density at radius 1 is 1.48 bits per heavy atom. The van der Waals surface area contributed by atoms with Crippen LogP contribution in [0, 0.1) is 11.3 Å². The molecule has 2 heterocycles. The van der Waals surface area contributed by atoms with Crippen LogP contribution in [0.5, 0.6) is 11.5 Å². The van der Waals surface area contributed by atoms with Gasteiger partial charge in [-0.15, -0.1) is 0 Å². The Balaban J connectivity index is 2.06. The molecule has 3 rings (SSSR count). The fourth-order valence-corrected chi connectivity index (χ4v) is 2.69. The number of allylic oxidation sites excluding steroid dienone is 1. The van der Waals surface area contributed by atoms with E-state index in [-0.39, 0.29) is 6.10 Å². The van der Waals surface area contributed by atoms with Crippen LogP contribution in [0.3, 0.4) is 0 Å². The Labute approximate surface area is 136 Å². The van der Waals surface area contributed by atoms with Crippen LogP contribution in [0.25, 0.3) is 11.6 Å². The minimum absolute atomic E-state index is 0.171. The fourth-order valence-electron chi connectivity index (χ4n) is 2.69. The number of nitriles is 1. The van der Waals surface area contributed by atoms with Crippen molar-refractivity contribution in [1.82, 2.24) is 4.98 Å². The van der Waals surface area contributed by atoms with Gasteiger partial charge in [-0.05, 0) is 44.2 Å². The molecule has 2 aromatic rings. The highest BCUT2D eigenvalue weighted by molar-refractivity contribution is 5.89. The van der Waals surface area contributed by atoms with Crippen molar-refractivity contribution < 1.29 is 9.47 Å². The molecule has 116 valence electrons. The molecule has 0 amide bonds. The third-order valence-corrected chi connectivity index (χ3v) is 3.69. The number of pyridine rings is 1. The van der Waals surface area contributed by atoms with Crippen LogP contribution in [0.15, 0.2) is 36.5 Å². The molecule has 1 aromatic carbocycles. The topological polar surface area (TPSA) is 55.1 Å². The minimum atomic E-state index is 0.171. The lowest BCUT2D eigenvalue weighted by Crippen LogP contribution is -2.05. The maximum atomic E-state index is 9.47. The number of nitrogens with zero attached hydrogens (tertiary/aromatic N) is 2. The van der Waals surface area contributed by atoms with Crippen molar-refractivity contribution in [3.05, 3.63) is 53.3 Å². The van der Waals surface area contributed by atoms with Gasteiger partial charge in [-0.2, -0.15) is 5.26 Å². The van der Waals surface area contributed by atoms with Crippen LogP contribution >= 0.6 is 0 Å². The zero-order chi connectivity index (χ0) is 16.2. The molecule has 23 heavy (non-hydrogen) atoms. The number of benzene rings is 1. The summed E-state index contributed by atoms with van der Waals surface area (Å²) in [5.74, 6) is 1.64. The maximum absolute atomic E-state index is 9.47. The molecule has 0 aliphatic carbocycles. The van der Waals surface area contributed by atoms with Gasteiger partial charge < -0.3 is 9.47 Å². The second-order valence-corrected chi connectivity index (χ2v) is 5.45. The zero-order valence-corrected chi connectivity index (χ0v) is 13.2. The van der Waals surface area contributed by atoms with Crippen LogP contribution < -0.4 is 9.47 Å². The summed E-state index contributed by atoms with van der Waals surface area (Å²) >= 11 is 0. The number of hydrogen-bond donors (Lipinski definition) is 0. The molecule has 0 bridgehead atoms. The molecule has 0 saturated heterocycles. The second kappa shape index (κ2) is 6.53. The molecule has 0 spiro atoms. The van der Waals surface area contributed by atoms with Crippen molar-refractivity contribution in [2.75, 3.05) is 6.61 Å². The van der Waals surface area contributed by atoms with Crippen LogP contribution in [0.2, 0.25) is 0 Å². The molecule has 0 N–H and O–H groups in total. The summed E-state index contributed by atoms with van der Waals surface area (Å²) in [7, 11) is 0. The van der Waals surface area contributed by atoms with Crippen molar-refractivity contribution in [3.63, 3.8) is 0 Å². The molecule has 1 aliphatic rings. The smallest absolute Gasteiger partial charge is 0.127 e. The molecule has 4 nitrogen and oxygen atoms in total. The van der Waals surface area contributed by atoms with E-state index in [1.54, 1.807) is 12.3 Å². The molecule has 1 atom stereocenters. The Morgan fingerprint density at radius 3 is 3.04 bits per heavy atom. The Bertz CT molecular complexity index is 776. The minimum Gasteiger partial charge on any atom is -0.493 e. The maximum Gasteiger partial charge on any atom is 0.127 e. The van der Waals surface area contributed by atoms with E-state index < -0.39 is 0 Å². The highest BCUT2D eigenvalue weighted by Crippen LogP contribution is 2.36. The number of fused-ring (bicyclic) bond motifs is 1. The quantitative estimate of drug-likeness (QED) is 0.805. The molecule has 1 unspecified atom stereocenters. The first-order chi connectivity index (χ1) is 11.2. The molecular formula is C19H18N2O2. The van der Waals surface area contributed by atoms with Gasteiger partial charge in [0.15, 0.2) is 0 Å². The van der Waals surface area contributed by atoms with Crippen molar-refractivity contribution in [1.29, 1.82) is 5.26 Å². The summed E-state index contributed by atoms with van der Waals surface area (Å²) in [6.45, 7) is 4.57. The summed E-state index contributed by atoms with van der Waals surface area (Å²) in [6, 6.07) is 11.7. The summed E-state index contributed by atoms with van der Waals surface area (Å²) in [6.07, 6.45) is 4.53. The van der Waals surface area contributed by atoms with E-state index in [9.17, 15) is 5.26 Å². The number of hydrogen-bond acceptors (Lipinski definition) is 4. The van der Waals surface area contributed by atoms with E-state index in [0.717, 1.165) is 29.0 Å². The van der Waals surface area contributed by atoms with E-state index in [1.165, 1.54) is 0 Å². The van der Waals surface area contributed by atoms with Crippen molar-refractivity contribution >= 4 is 11.6 Å². The Kier molecular flexibility index (Phi) is 4.29. The summed E-state index contributed by atoms with van der Waals surface area (Å²) in [5, 5.41) is 9.47. The Morgan fingerprint density at radius 2 is 2.35 bits per heavy atom. The van der Waals surface area contributed by atoms with Gasteiger partial charge in [-0.25, -0.2) is 0 Å². The lowest BCUT2D eigenvalue weighted by atomic mass is 10.0. The van der Waals surface area contributed by atoms with Crippen LogP contribution in [-0.4, -0.2) is 17.7 Å². The summed E-state index contributed by atoms with van der Waals surface area (Å²) < 4.78 is 11.6. The third-order valence-electron chi connectivity index (χ3n) is 3.69. The second-order valence-electron chi connectivity index (χ2n) is 5.45. The van der Waals surface area contributed by atoms with Crippen molar-refractivity contribution in [3.8, 4) is 17.6 Å². The monoisotopic (exact) mass is 306 g/mol.